The van der Waals surface area contributed by atoms with Crippen molar-refractivity contribution < 1.29 is 13.6 Å². The van der Waals surface area contributed by atoms with E-state index in [-0.39, 0.29) is 23.5 Å². The van der Waals surface area contributed by atoms with Gasteiger partial charge in [-0.1, -0.05) is 6.07 Å². The molecule has 3 aromatic rings. The molecule has 7 nitrogen and oxygen atoms in total. The van der Waals surface area contributed by atoms with E-state index in [1.54, 1.807) is 29.2 Å². The molecule has 1 fully saturated rings. The number of hydrogen-bond donors (Lipinski definition) is 0. The van der Waals surface area contributed by atoms with Crippen molar-refractivity contribution in [2.24, 2.45) is 0 Å². The molecule has 134 valence electrons. The molecule has 0 bridgehead atoms. The zero-order chi connectivity index (χ0) is 18.1. The van der Waals surface area contributed by atoms with Gasteiger partial charge in [0.15, 0.2) is 16.3 Å². The van der Waals surface area contributed by atoms with Gasteiger partial charge in [0, 0.05) is 12.6 Å². The first-order chi connectivity index (χ1) is 12.6. The molecule has 1 aliphatic rings. The minimum Gasteiger partial charge on any atom is -0.444 e. The van der Waals surface area contributed by atoms with Crippen LogP contribution in [0.2, 0.25) is 0 Å². The van der Waals surface area contributed by atoms with Crippen LogP contribution in [0, 0.1) is 5.82 Å². The van der Waals surface area contributed by atoms with E-state index in [4.69, 9.17) is 4.42 Å². The van der Waals surface area contributed by atoms with Gasteiger partial charge in [-0.05, 0) is 64.7 Å². The summed E-state index contributed by atoms with van der Waals surface area (Å²) in [6.07, 6.45) is 2.61. The van der Waals surface area contributed by atoms with Crippen LogP contribution in [0.3, 0.4) is 0 Å². The number of carbonyl (C=O) groups is 1. The van der Waals surface area contributed by atoms with Gasteiger partial charge in [-0.2, -0.15) is 0 Å². The Hall–Kier alpha value is -2.55. The largest absolute Gasteiger partial charge is 0.444 e. The van der Waals surface area contributed by atoms with Gasteiger partial charge in [0.05, 0.1) is 11.7 Å². The summed E-state index contributed by atoms with van der Waals surface area (Å²) < 4.78 is 19.3. The molecule has 9 heteroatoms. The molecule has 2 aromatic heterocycles. The molecule has 4 rings (SSSR count). The van der Waals surface area contributed by atoms with Crippen LogP contribution in [0.25, 0.3) is 5.69 Å². The van der Waals surface area contributed by atoms with Gasteiger partial charge in [0.2, 0.25) is 0 Å². The average Bonchev–Trinajstić information content (AvgIpc) is 3.30. The molecule has 1 aromatic carbocycles. The van der Waals surface area contributed by atoms with Crippen LogP contribution >= 0.6 is 15.9 Å². The molecule has 1 unspecified atom stereocenters. The van der Waals surface area contributed by atoms with E-state index >= 15 is 0 Å². The molecule has 0 saturated carbocycles. The Labute approximate surface area is 156 Å². The number of likely N-dealkylation sites (tertiary alicyclic amines) is 1. The lowest BCUT2D eigenvalue weighted by Gasteiger charge is -2.33. The number of halogens is 2. The minimum absolute atomic E-state index is 0.206. The lowest BCUT2D eigenvalue weighted by Crippen LogP contribution is -2.38. The van der Waals surface area contributed by atoms with Gasteiger partial charge in [0.25, 0.3) is 5.91 Å². The number of aromatic nitrogens is 4. The molecule has 1 aliphatic heterocycles. The summed E-state index contributed by atoms with van der Waals surface area (Å²) >= 11 is 3.21. The number of nitrogens with zero attached hydrogens (tertiary/aromatic N) is 5. The van der Waals surface area contributed by atoms with Crippen LogP contribution in [0.1, 0.15) is 41.7 Å². The van der Waals surface area contributed by atoms with Gasteiger partial charge in [-0.25, -0.2) is 4.39 Å². The highest BCUT2D eigenvalue weighted by Crippen LogP contribution is 2.30. The van der Waals surface area contributed by atoms with E-state index in [0.29, 0.717) is 22.7 Å². The monoisotopic (exact) mass is 419 g/mol. The Kier molecular flexibility index (Phi) is 4.54. The molecular formula is C17H15BrFN5O2. The number of rotatable bonds is 3. The van der Waals surface area contributed by atoms with E-state index in [9.17, 15) is 9.18 Å². The fourth-order valence-electron chi connectivity index (χ4n) is 3.08. The zero-order valence-electron chi connectivity index (χ0n) is 13.7. The minimum atomic E-state index is -0.376. The molecular weight excluding hydrogens is 405 g/mol. The van der Waals surface area contributed by atoms with Gasteiger partial charge < -0.3 is 9.32 Å². The van der Waals surface area contributed by atoms with Gasteiger partial charge in [-0.15, -0.1) is 15.0 Å². The van der Waals surface area contributed by atoms with Crippen LogP contribution < -0.4 is 0 Å². The standard InChI is InChI=1S/C17H15BrFN5O2/c18-15-8-7-14(26-15)17(25)23-9-2-1-6-13(23)16-20-22-24(21-16)12-5-3-4-11(19)10-12/h3-5,7-8,10,13H,1-2,6,9H2. The molecule has 1 amide bonds. The van der Waals surface area contributed by atoms with Crippen LogP contribution in [0.4, 0.5) is 4.39 Å². The number of carbonyl (C=O) groups excluding carboxylic acids is 1. The van der Waals surface area contributed by atoms with Gasteiger partial charge >= 0.3 is 0 Å². The Morgan fingerprint density at radius 2 is 2.15 bits per heavy atom. The predicted octanol–water partition coefficient (Wildman–Crippen LogP) is 3.52. The second-order valence-electron chi connectivity index (χ2n) is 6.03. The number of piperidine rings is 1. The molecule has 0 N–H and O–H groups in total. The fraction of sp³-hybridized carbons (Fsp3) is 0.294. The van der Waals surface area contributed by atoms with E-state index in [2.05, 4.69) is 31.3 Å². The van der Waals surface area contributed by atoms with E-state index in [1.807, 2.05) is 0 Å². The maximum Gasteiger partial charge on any atom is 0.290 e. The highest BCUT2D eigenvalue weighted by molar-refractivity contribution is 9.10. The second kappa shape index (κ2) is 6.99. The first kappa shape index (κ1) is 16.9. The van der Waals surface area contributed by atoms with Crippen molar-refractivity contribution in [1.82, 2.24) is 25.1 Å². The number of furan rings is 1. The maximum absolute atomic E-state index is 13.4. The third-order valence-corrected chi connectivity index (χ3v) is 4.74. The molecule has 1 atom stereocenters. The summed E-state index contributed by atoms with van der Waals surface area (Å²) in [5.74, 6) is 0.121. The number of hydrogen-bond acceptors (Lipinski definition) is 5. The zero-order valence-corrected chi connectivity index (χ0v) is 15.3. The Morgan fingerprint density at radius 1 is 1.27 bits per heavy atom. The number of tetrazole rings is 1. The van der Waals surface area contributed by atoms with E-state index in [1.165, 1.54) is 16.9 Å². The predicted molar refractivity (Wildman–Crippen MR) is 93.1 cm³/mol. The summed E-state index contributed by atoms with van der Waals surface area (Å²) in [5.41, 5.74) is 0.479. The van der Waals surface area contributed by atoms with Crippen molar-refractivity contribution in [2.45, 2.75) is 25.3 Å². The lowest BCUT2D eigenvalue weighted by atomic mass is 10.0. The third-order valence-electron chi connectivity index (χ3n) is 4.31. The van der Waals surface area contributed by atoms with Crippen molar-refractivity contribution in [2.75, 3.05) is 6.54 Å². The lowest BCUT2D eigenvalue weighted by molar-refractivity contribution is 0.0566. The summed E-state index contributed by atoms with van der Waals surface area (Å²) in [6.45, 7) is 0.594. The topological polar surface area (TPSA) is 77.0 Å². The Balaban J connectivity index is 1.62. The van der Waals surface area contributed by atoms with Crippen LogP contribution in [-0.2, 0) is 0 Å². The normalized spacial score (nSPS) is 17.5. The van der Waals surface area contributed by atoms with Gasteiger partial charge in [-0.3, -0.25) is 4.79 Å². The Bertz CT molecular complexity index is 941. The first-order valence-electron chi connectivity index (χ1n) is 8.24. The molecule has 3 heterocycles. The summed E-state index contributed by atoms with van der Waals surface area (Å²) in [5, 5.41) is 12.5. The van der Waals surface area contributed by atoms with E-state index in [0.717, 1.165) is 19.3 Å². The first-order valence-corrected chi connectivity index (χ1v) is 9.03. The molecule has 0 spiro atoms. The van der Waals surface area contributed by atoms with Crippen LogP contribution in [0.15, 0.2) is 45.5 Å². The SMILES string of the molecule is O=C(c1ccc(Br)o1)N1CCCCC1c1nnn(-c2cccc(F)c2)n1. The van der Waals surface area contributed by atoms with Crippen molar-refractivity contribution in [3.63, 3.8) is 0 Å². The van der Waals surface area contributed by atoms with Crippen molar-refractivity contribution >= 4 is 21.8 Å². The van der Waals surface area contributed by atoms with Crippen molar-refractivity contribution in [1.29, 1.82) is 0 Å². The van der Waals surface area contributed by atoms with Crippen molar-refractivity contribution in [3.05, 3.63) is 58.5 Å². The highest BCUT2D eigenvalue weighted by Gasteiger charge is 2.33. The Morgan fingerprint density at radius 3 is 2.92 bits per heavy atom. The quantitative estimate of drug-likeness (QED) is 0.648. The van der Waals surface area contributed by atoms with Crippen molar-refractivity contribution in [3.8, 4) is 5.69 Å². The van der Waals surface area contributed by atoms with Gasteiger partial charge in [0.1, 0.15) is 5.82 Å². The summed E-state index contributed by atoms with van der Waals surface area (Å²) in [6, 6.07) is 8.99. The van der Waals surface area contributed by atoms with Crippen LogP contribution in [0.5, 0.6) is 0 Å². The van der Waals surface area contributed by atoms with E-state index < -0.39 is 0 Å². The summed E-state index contributed by atoms with van der Waals surface area (Å²) in [7, 11) is 0. The average molecular weight is 420 g/mol. The number of benzene rings is 1. The molecule has 26 heavy (non-hydrogen) atoms. The number of amides is 1. The summed E-state index contributed by atoms with van der Waals surface area (Å²) in [4.78, 5) is 15.8. The second-order valence-corrected chi connectivity index (χ2v) is 6.81. The van der Waals surface area contributed by atoms with Crippen LogP contribution in [-0.4, -0.2) is 37.6 Å². The molecule has 1 saturated heterocycles. The highest BCUT2D eigenvalue weighted by atomic mass is 79.9. The third kappa shape index (κ3) is 3.26. The maximum atomic E-state index is 13.4. The molecule has 0 radical (unpaired) electrons. The smallest absolute Gasteiger partial charge is 0.290 e. The molecule has 0 aliphatic carbocycles. The fourth-order valence-corrected chi connectivity index (χ4v) is 3.39.